The number of nitrogens with two attached hydrogens (primary N) is 2. The third-order valence-corrected chi connectivity index (χ3v) is 4.65. The molecule has 142 valence electrons. The Labute approximate surface area is 158 Å². The molecule has 0 atom stereocenters. The van der Waals surface area contributed by atoms with Crippen LogP contribution in [0, 0.1) is 6.92 Å². The fourth-order valence-corrected chi connectivity index (χ4v) is 2.91. The van der Waals surface area contributed by atoms with Crippen LogP contribution in [0.3, 0.4) is 0 Å². The summed E-state index contributed by atoms with van der Waals surface area (Å²) >= 11 is 6.07. The lowest BCUT2D eigenvalue weighted by atomic mass is 10.2. The van der Waals surface area contributed by atoms with Crippen molar-refractivity contribution in [1.82, 2.24) is 9.80 Å². The molecule has 0 saturated heterocycles. The molecule has 1 rings (SSSR count). The van der Waals surface area contributed by atoms with Crippen molar-refractivity contribution in [3.63, 3.8) is 0 Å². The van der Waals surface area contributed by atoms with Gasteiger partial charge in [-0.25, -0.2) is 5.84 Å². The Morgan fingerprint density at radius 2 is 1.72 bits per heavy atom. The molecule has 0 amide bonds. The molecule has 0 aliphatic heterocycles. The fraction of sp³-hybridized carbons (Fsp3) is 0.579. The molecule has 4 N–H and O–H groups in total. The summed E-state index contributed by atoms with van der Waals surface area (Å²) in [4.78, 5) is 4.64. The van der Waals surface area contributed by atoms with Gasteiger partial charge >= 0.3 is 0 Å². The molecular formula is C19H34ClN5. The van der Waals surface area contributed by atoms with E-state index < -0.39 is 0 Å². The topological polar surface area (TPSA) is 61.8 Å². The normalized spacial score (nSPS) is 11.9. The minimum absolute atomic E-state index is 0.672. The Hall–Kier alpha value is -1.43. The minimum atomic E-state index is 0.672. The molecule has 0 heterocycles. The van der Waals surface area contributed by atoms with Gasteiger partial charge in [0, 0.05) is 24.7 Å². The van der Waals surface area contributed by atoms with E-state index in [1.54, 1.807) is 11.2 Å². The number of aryl methyl sites for hydroxylation is 1. The van der Waals surface area contributed by atoms with E-state index in [2.05, 4.69) is 30.6 Å². The van der Waals surface area contributed by atoms with Crippen LogP contribution in [0.2, 0.25) is 5.02 Å². The van der Waals surface area contributed by atoms with Gasteiger partial charge in [-0.15, -0.1) is 0 Å². The molecule has 0 unspecified atom stereocenters. The molecule has 5 nitrogen and oxygen atoms in total. The summed E-state index contributed by atoms with van der Waals surface area (Å²) in [5.41, 5.74) is 8.14. The van der Waals surface area contributed by atoms with Gasteiger partial charge in [0.2, 0.25) is 0 Å². The van der Waals surface area contributed by atoms with Crippen LogP contribution >= 0.6 is 11.6 Å². The maximum Gasteiger partial charge on any atom is 0.117 e. The quantitative estimate of drug-likeness (QED) is 0.462. The van der Waals surface area contributed by atoms with E-state index in [0.29, 0.717) is 5.82 Å². The maximum atomic E-state index is 6.29. The molecule has 0 aliphatic rings. The highest BCUT2D eigenvalue weighted by molar-refractivity contribution is 6.31. The maximum absolute atomic E-state index is 6.29. The van der Waals surface area contributed by atoms with Gasteiger partial charge in [-0.05, 0) is 63.5 Å². The Bertz CT molecular complexity index is 541. The van der Waals surface area contributed by atoms with Crippen molar-refractivity contribution in [2.75, 3.05) is 37.7 Å². The summed E-state index contributed by atoms with van der Waals surface area (Å²) < 4.78 is 0. The second-order valence-electron chi connectivity index (χ2n) is 6.32. The standard InChI is InChI=1S/C19H34ClN5/c1-5-10-23(11-6-2)12-13-24(7-3)19(21)15-25(22)17-8-9-18(20)16(4)14-17/h8-9,14-15H,5-7,10-13,21-22H2,1-4H3/b19-15+. The molecule has 0 saturated carbocycles. The molecule has 0 spiro atoms. The van der Waals surface area contributed by atoms with Gasteiger partial charge in [0.1, 0.15) is 5.82 Å². The van der Waals surface area contributed by atoms with Crippen LogP contribution in [-0.4, -0.2) is 42.5 Å². The zero-order valence-electron chi connectivity index (χ0n) is 16.1. The smallest absolute Gasteiger partial charge is 0.117 e. The summed E-state index contributed by atoms with van der Waals surface area (Å²) in [7, 11) is 0. The number of rotatable bonds is 11. The molecule has 0 aliphatic carbocycles. The Morgan fingerprint density at radius 1 is 1.08 bits per heavy atom. The number of halogens is 1. The van der Waals surface area contributed by atoms with Gasteiger partial charge in [0.15, 0.2) is 0 Å². The zero-order valence-corrected chi connectivity index (χ0v) is 16.9. The highest BCUT2D eigenvalue weighted by Crippen LogP contribution is 2.21. The SMILES string of the molecule is CCCN(CCC)CCN(CC)/C(N)=C/N(N)c1ccc(Cl)c(C)c1. The molecule has 0 fully saturated rings. The largest absolute Gasteiger partial charge is 0.384 e. The lowest BCUT2D eigenvalue weighted by molar-refractivity contribution is 0.231. The highest BCUT2D eigenvalue weighted by atomic mass is 35.5. The van der Waals surface area contributed by atoms with Gasteiger partial charge in [0.05, 0.1) is 11.9 Å². The van der Waals surface area contributed by atoms with E-state index in [9.17, 15) is 0 Å². The van der Waals surface area contributed by atoms with Crippen molar-refractivity contribution in [2.45, 2.75) is 40.5 Å². The number of hydrazine groups is 1. The van der Waals surface area contributed by atoms with Gasteiger partial charge in [0.25, 0.3) is 0 Å². The first kappa shape index (κ1) is 21.6. The van der Waals surface area contributed by atoms with Crippen molar-refractivity contribution in [3.05, 3.63) is 40.8 Å². The lowest BCUT2D eigenvalue weighted by Crippen LogP contribution is -2.39. The fourth-order valence-electron chi connectivity index (χ4n) is 2.79. The van der Waals surface area contributed by atoms with Gasteiger partial charge < -0.3 is 15.5 Å². The van der Waals surface area contributed by atoms with Gasteiger partial charge in [-0.3, -0.25) is 5.01 Å². The second kappa shape index (κ2) is 11.2. The van der Waals surface area contributed by atoms with Gasteiger partial charge in [-0.2, -0.15) is 0 Å². The number of anilines is 1. The van der Waals surface area contributed by atoms with E-state index in [1.165, 1.54) is 12.8 Å². The second-order valence-corrected chi connectivity index (χ2v) is 6.72. The average Bonchev–Trinajstić information content (AvgIpc) is 2.58. The van der Waals surface area contributed by atoms with E-state index in [0.717, 1.165) is 49.0 Å². The number of benzene rings is 1. The molecule has 0 radical (unpaired) electrons. The Kier molecular flexibility index (Phi) is 9.71. The number of nitrogens with zero attached hydrogens (tertiary/aromatic N) is 3. The van der Waals surface area contributed by atoms with Crippen LogP contribution in [0.15, 0.2) is 30.2 Å². The molecule has 25 heavy (non-hydrogen) atoms. The Morgan fingerprint density at radius 3 is 2.24 bits per heavy atom. The number of hydrogen-bond donors (Lipinski definition) is 2. The third kappa shape index (κ3) is 7.14. The summed E-state index contributed by atoms with van der Waals surface area (Å²) in [6.07, 6.45) is 4.12. The van der Waals surface area contributed by atoms with E-state index in [-0.39, 0.29) is 0 Å². The minimum Gasteiger partial charge on any atom is -0.384 e. The third-order valence-electron chi connectivity index (χ3n) is 4.22. The summed E-state index contributed by atoms with van der Waals surface area (Å²) in [6, 6.07) is 5.69. The van der Waals surface area contributed by atoms with Crippen LogP contribution < -0.4 is 16.6 Å². The van der Waals surface area contributed by atoms with Crippen molar-refractivity contribution in [1.29, 1.82) is 0 Å². The van der Waals surface area contributed by atoms with Gasteiger partial charge in [-0.1, -0.05) is 25.4 Å². The summed E-state index contributed by atoms with van der Waals surface area (Å²) in [5.74, 6) is 6.83. The molecule has 6 heteroatoms. The predicted octanol–water partition coefficient (Wildman–Crippen LogP) is 3.53. The predicted molar refractivity (Wildman–Crippen MR) is 109 cm³/mol. The first-order chi connectivity index (χ1) is 11.9. The molecule has 0 aromatic heterocycles. The van der Waals surface area contributed by atoms with Crippen molar-refractivity contribution in [2.24, 2.45) is 11.6 Å². The molecule has 0 bridgehead atoms. The van der Waals surface area contributed by atoms with E-state index in [4.69, 9.17) is 23.2 Å². The van der Waals surface area contributed by atoms with Crippen LogP contribution in [-0.2, 0) is 0 Å². The molecule has 1 aromatic carbocycles. The van der Waals surface area contributed by atoms with E-state index in [1.807, 2.05) is 25.1 Å². The van der Waals surface area contributed by atoms with Crippen LogP contribution in [0.4, 0.5) is 5.69 Å². The number of likely N-dealkylation sites (N-methyl/N-ethyl adjacent to an activating group) is 1. The van der Waals surface area contributed by atoms with Crippen molar-refractivity contribution >= 4 is 17.3 Å². The van der Waals surface area contributed by atoms with Crippen LogP contribution in [0.1, 0.15) is 39.2 Å². The first-order valence-electron chi connectivity index (χ1n) is 9.17. The molecule has 1 aromatic rings. The first-order valence-corrected chi connectivity index (χ1v) is 9.55. The highest BCUT2D eigenvalue weighted by Gasteiger charge is 2.10. The molecular weight excluding hydrogens is 334 g/mol. The van der Waals surface area contributed by atoms with Crippen LogP contribution in [0.5, 0.6) is 0 Å². The number of hydrogen-bond acceptors (Lipinski definition) is 5. The van der Waals surface area contributed by atoms with Crippen molar-refractivity contribution < 1.29 is 0 Å². The zero-order chi connectivity index (χ0) is 18.8. The van der Waals surface area contributed by atoms with Crippen molar-refractivity contribution in [3.8, 4) is 0 Å². The van der Waals surface area contributed by atoms with E-state index >= 15 is 0 Å². The monoisotopic (exact) mass is 367 g/mol. The lowest BCUT2D eigenvalue weighted by Gasteiger charge is -2.29. The summed E-state index contributed by atoms with van der Waals surface area (Å²) in [5, 5.41) is 2.29. The Balaban J connectivity index is 2.73. The summed E-state index contributed by atoms with van der Waals surface area (Å²) in [6.45, 7) is 13.5. The van der Waals surface area contributed by atoms with Crippen LogP contribution in [0.25, 0.3) is 0 Å². The average molecular weight is 368 g/mol.